The molecule has 0 spiro atoms. The molecule has 0 bridgehead atoms. The average Bonchev–Trinajstić information content (AvgIpc) is 2.64. The minimum atomic E-state index is -0.199. The number of rotatable bonds is 5. The van der Waals surface area contributed by atoms with Gasteiger partial charge in [-0.05, 0) is 34.1 Å². The number of benzene rings is 2. The molecule has 1 aromatic heterocycles. The maximum Gasteiger partial charge on any atom is 0.266 e. The van der Waals surface area contributed by atoms with Crippen LogP contribution in [0.4, 0.5) is 0 Å². The Kier molecular flexibility index (Phi) is 5.40. The normalized spacial score (nSPS) is 10.4. The maximum atomic E-state index is 12.2. The molecular formula is C19H16BrN3O2. The predicted molar refractivity (Wildman–Crippen MR) is 100 cm³/mol. The van der Waals surface area contributed by atoms with Crippen molar-refractivity contribution in [3.8, 4) is 11.3 Å². The van der Waals surface area contributed by atoms with Crippen LogP contribution >= 0.6 is 15.9 Å². The van der Waals surface area contributed by atoms with Gasteiger partial charge in [-0.1, -0.05) is 42.5 Å². The topological polar surface area (TPSA) is 64.0 Å². The van der Waals surface area contributed by atoms with Crippen LogP contribution in [-0.4, -0.2) is 22.2 Å². The molecule has 1 N–H and O–H groups in total. The Morgan fingerprint density at radius 2 is 1.72 bits per heavy atom. The Bertz CT molecular complexity index is 939. The van der Waals surface area contributed by atoms with Gasteiger partial charge in [-0.15, -0.1) is 0 Å². The highest BCUT2D eigenvalue weighted by Crippen LogP contribution is 2.15. The summed E-state index contributed by atoms with van der Waals surface area (Å²) in [5.74, 6) is -0.195. The molecule has 5 nitrogen and oxygen atoms in total. The van der Waals surface area contributed by atoms with Crippen molar-refractivity contribution in [2.75, 3.05) is 6.54 Å². The molecule has 0 atom stereocenters. The number of nitrogens with zero attached hydrogens (tertiary/aromatic N) is 2. The van der Waals surface area contributed by atoms with E-state index in [0.29, 0.717) is 18.7 Å². The van der Waals surface area contributed by atoms with Crippen LogP contribution in [0.1, 0.15) is 10.4 Å². The van der Waals surface area contributed by atoms with Gasteiger partial charge in [0.05, 0.1) is 17.8 Å². The fourth-order valence-electron chi connectivity index (χ4n) is 2.39. The monoisotopic (exact) mass is 397 g/mol. The largest absolute Gasteiger partial charge is 0.350 e. The van der Waals surface area contributed by atoms with Crippen molar-refractivity contribution < 1.29 is 4.79 Å². The van der Waals surface area contributed by atoms with E-state index >= 15 is 0 Å². The van der Waals surface area contributed by atoms with Crippen LogP contribution in [0.2, 0.25) is 0 Å². The van der Waals surface area contributed by atoms with E-state index in [2.05, 4.69) is 26.3 Å². The lowest BCUT2D eigenvalue weighted by Crippen LogP contribution is -2.32. The molecule has 126 valence electrons. The van der Waals surface area contributed by atoms with Gasteiger partial charge in [0, 0.05) is 22.6 Å². The molecule has 2 aromatic carbocycles. The van der Waals surface area contributed by atoms with E-state index in [-0.39, 0.29) is 11.5 Å². The van der Waals surface area contributed by atoms with Crippen LogP contribution in [0, 0.1) is 0 Å². The van der Waals surface area contributed by atoms with E-state index < -0.39 is 0 Å². The predicted octanol–water partition coefficient (Wildman–Crippen LogP) is 3.10. The molecule has 1 amide bonds. The Hall–Kier alpha value is -2.73. The summed E-state index contributed by atoms with van der Waals surface area (Å²) in [5.41, 5.74) is 2.02. The summed E-state index contributed by atoms with van der Waals surface area (Å²) in [4.78, 5) is 24.2. The Balaban J connectivity index is 1.68. The van der Waals surface area contributed by atoms with Crippen LogP contribution in [0.3, 0.4) is 0 Å². The highest BCUT2D eigenvalue weighted by atomic mass is 79.9. The van der Waals surface area contributed by atoms with Crippen molar-refractivity contribution in [1.82, 2.24) is 15.1 Å². The van der Waals surface area contributed by atoms with E-state index in [1.807, 2.05) is 42.5 Å². The summed E-state index contributed by atoms with van der Waals surface area (Å²) in [6.45, 7) is 0.612. The average molecular weight is 398 g/mol. The van der Waals surface area contributed by atoms with E-state index in [1.54, 1.807) is 18.2 Å². The Labute approximate surface area is 153 Å². The molecule has 0 aliphatic heterocycles. The van der Waals surface area contributed by atoms with Gasteiger partial charge in [-0.2, -0.15) is 5.10 Å². The molecule has 0 unspecified atom stereocenters. The van der Waals surface area contributed by atoms with Gasteiger partial charge in [-0.25, -0.2) is 4.68 Å². The third kappa shape index (κ3) is 4.22. The van der Waals surface area contributed by atoms with Crippen molar-refractivity contribution in [2.24, 2.45) is 0 Å². The lowest BCUT2D eigenvalue weighted by Gasteiger charge is -2.09. The van der Waals surface area contributed by atoms with E-state index in [9.17, 15) is 9.59 Å². The number of halogens is 1. The van der Waals surface area contributed by atoms with Gasteiger partial charge in [0.25, 0.3) is 11.5 Å². The van der Waals surface area contributed by atoms with Crippen LogP contribution in [0.15, 0.2) is 76.0 Å². The SMILES string of the molecule is O=C(NCCn1nc(-c2ccccc2)ccc1=O)c1ccccc1Br. The molecule has 0 saturated heterocycles. The number of aromatic nitrogens is 2. The third-order valence-corrected chi connectivity index (χ3v) is 4.36. The lowest BCUT2D eigenvalue weighted by atomic mass is 10.1. The second-order valence-electron chi connectivity index (χ2n) is 5.38. The van der Waals surface area contributed by atoms with Crippen molar-refractivity contribution in [3.63, 3.8) is 0 Å². The summed E-state index contributed by atoms with van der Waals surface area (Å²) < 4.78 is 2.09. The minimum absolute atomic E-state index is 0.195. The van der Waals surface area contributed by atoms with Crippen LogP contribution in [0.25, 0.3) is 11.3 Å². The molecule has 0 saturated carbocycles. The first-order valence-corrected chi connectivity index (χ1v) is 8.61. The summed E-state index contributed by atoms with van der Waals surface area (Å²) in [5, 5.41) is 7.18. The Morgan fingerprint density at radius 1 is 1.00 bits per heavy atom. The molecular weight excluding hydrogens is 382 g/mol. The standard InChI is InChI=1S/C19H16BrN3O2/c20-16-9-5-4-8-15(16)19(25)21-12-13-23-18(24)11-10-17(22-23)14-6-2-1-3-7-14/h1-11H,12-13H2,(H,21,25). The Morgan fingerprint density at radius 3 is 2.48 bits per heavy atom. The van der Waals surface area contributed by atoms with Crippen LogP contribution < -0.4 is 10.9 Å². The molecule has 0 aliphatic carbocycles. The van der Waals surface area contributed by atoms with Crippen molar-refractivity contribution in [1.29, 1.82) is 0 Å². The van der Waals surface area contributed by atoms with Gasteiger partial charge in [0.2, 0.25) is 0 Å². The zero-order chi connectivity index (χ0) is 17.6. The molecule has 3 aromatic rings. The first-order chi connectivity index (χ1) is 12.1. The van der Waals surface area contributed by atoms with Crippen molar-refractivity contribution in [3.05, 3.63) is 87.1 Å². The number of amides is 1. The summed E-state index contributed by atoms with van der Waals surface area (Å²) in [6, 6.07) is 20.0. The molecule has 0 aliphatic rings. The molecule has 3 rings (SSSR count). The van der Waals surface area contributed by atoms with E-state index in [0.717, 1.165) is 15.7 Å². The second kappa shape index (κ2) is 7.90. The summed E-state index contributed by atoms with van der Waals surface area (Å²) in [7, 11) is 0. The first-order valence-electron chi connectivity index (χ1n) is 7.81. The number of nitrogens with one attached hydrogen (secondary N) is 1. The van der Waals surface area contributed by atoms with Gasteiger partial charge < -0.3 is 5.32 Å². The number of hydrogen-bond acceptors (Lipinski definition) is 3. The van der Waals surface area contributed by atoms with Crippen molar-refractivity contribution in [2.45, 2.75) is 6.54 Å². The summed E-state index contributed by atoms with van der Waals surface area (Å²) in [6.07, 6.45) is 0. The molecule has 0 radical (unpaired) electrons. The smallest absolute Gasteiger partial charge is 0.266 e. The second-order valence-corrected chi connectivity index (χ2v) is 6.24. The highest BCUT2D eigenvalue weighted by Gasteiger charge is 2.09. The number of carbonyl (C=O) groups excluding carboxylic acids is 1. The molecule has 0 fully saturated rings. The minimum Gasteiger partial charge on any atom is -0.350 e. The molecule has 6 heteroatoms. The fraction of sp³-hybridized carbons (Fsp3) is 0.105. The zero-order valence-corrected chi connectivity index (χ0v) is 14.9. The first kappa shape index (κ1) is 17.1. The quantitative estimate of drug-likeness (QED) is 0.719. The third-order valence-electron chi connectivity index (χ3n) is 3.66. The van der Waals surface area contributed by atoms with Crippen LogP contribution in [-0.2, 0) is 6.54 Å². The summed E-state index contributed by atoms with van der Waals surface area (Å²) >= 11 is 3.35. The van der Waals surface area contributed by atoms with Gasteiger partial charge in [0.15, 0.2) is 0 Å². The fourth-order valence-corrected chi connectivity index (χ4v) is 2.85. The molecule has 25 heavy (non-hydrogen) atoms. The number of hydrogen-bond donors (Lipinski definition) is 1. The van der Waals surface area contributed by atoms with Gasteiger partial charge in [0.1, 0.15) is 0 Å². The van der Waals surface area contributed by atoms with E-state index in [1.165, 1.54) is 10.7 Å². The van der Waals surface area contributed by atoms with Gasteiger partial charge >= 0.3 is 0 Å². The zero-order valence-electron chi connectivity index (χ0n) is 13.4. The maximum absolute atomic E-state index is 12.2. The highest BCUT2D eigenvalue weighted by molar-refractivity contribution is 9.10. The van der Waals surface area contributed by atoms with Crippen molar-refractivity contribution >= 4 is 21.8 Å². The number of carbonyl (C=O) groups is 1. The van der Waals surface area contributed by atoms with E-state index in [4.69, 9.17) is 0 Å². The molecule has 1 heterocycles. The lowest BCUT2D eigenvalue weighted by molar-refractivity contribution is 0.0951. The van der Waals surface area contributed by atoms with Gasteiger partial charge in [-0.3, -0.25) is 9.59 Å². The van der Waals surface area contributed by atoms with Crippen LogP contribution in [0.5, 0.6) is 0 Å².